The molecule has 21 heavy (non-hydrogen) atoms. The SMILES string of the molecule is CN1CC[C@H](CN2c3ccccc3Sc3ccccc32)C1. The van der Waals surface area contributed by atoms with Crippen LogP contribution in [0.1, 0.15) is 6.42 Å². The molecular formula is C18H20N2S. The Morgan fingerprint density at radius 3 is 2.19 bits per heavy atom. The first-order valence-corrected chi connectivity index (χ1v) is 8.45. The predicted octanol–water partition coefficient (Wildman–Crippen LogP) is 4.24. The molecule has 0 spiro atoms. The van der Waals surface area contributed by atoms with Crippen LogP contribution in [-0.4, -0.2) is 31.6 Å². The number of rotatable bonds is 2. The summed E-state index contributed by atoms with van der Waals surface area (Å²) in [6.07, 6.45) is 1.31. The largest absolute Gasteiger partial charge is 0.339 e. The van der Waals surface area contributed by atoms with Crippen LogP contribution in [0, 0.1) is 5.92 Å². The highest BCUT2D eigenvalue weighted by Crippen LogP contribution is 2.48. The van der Waals surface area contributed by atoms with Gasteiger partial charge in [-0.15, -0.1) is 0 Å². The van der Waals surface area contributed by atoms with Gasteiger partial charge in [-0.25, -0.2) is 0 Å². The molecule has 0 radical (unpaired) electrons. The molecule has 2 aliphatic heterocycles. The van der Waals surface area contributed by atoms with Crippen molar-refractivity contribution >= 4 is 23.1 Å². The van der Waals surface area contributed by atoms with Crippen LogP contribution in [0.4, 0.5) is 11.4 Å². The maximum atomic E-state index is 2.53. The van der Waals surface area contributed by atoms with Crippen LogP contribution in [0.3, 0.4) is 0 Å². The third-order valence-corrected chi connectivity index (χ3v) is 5.59. The molecule has 108 valence electrons. The second-order valence-corrected chi connectivity index (χ2v) is 7.15. The van der Waals surface area contributed by atoms with Crippen molar-refractivity contribution in [2.24, 2.45) is 5.92 Å². The molecule has 1 fully saturated rings. The van der Waals surface area contributed by atoms with Crippen molar-refractivity contribution in [1.82, 2.24) is 4.90 Å². The van der Waals surface area contributed by atoms with Gasteiger partial charge in [0.15, 0.2) is 0 Å². The quantitative estimate of drug-likeness (QED) is 0.818. The van der Waals surface area contributed by atoms with Crippen molar-refractivity contribution in [3.63, 3.8) is 0 Å². The number of hydrogen-bond donors (Lipinski definition) is 0. The first kappa shape index (κ1) is 13.2. The van der Waals surface area contributed by atoms with Crippen LogP contribution < -0.4 is 4.90 Å². The number of fused-ring (bicyclic) bond motifs is 2. The van der Waals surface area contributed by atoms with E-state index in [1.54, 1.807) is 0 Å². The maximum Gasteiger partial charge on any atom is 0.0552 e. The molecule has 0 aliphatic carbocycles. The molecule has 0 aromatic heterocycles. The normalized spacial score (nSPS) is 21.2. The van der Waals surface area contributed by atoms with Gasteiger partial charge in [-0.3, -0.25) is 0 Å². The number of para-hydroxylation sites is 2. The van der Waals surface area contributed by atoms with Crippen molar-refractivity contribution in [2.75, 3.05) is 31.6 Å². The second kappa shape index (κ2) is 5.39. The van der Waals surface area contributed by atoms with Gasteiger partial charge in [0.1, 0.15) is 0 Å². The molecule has 3 heteroatoms. The van der Waals surface area contributed by atoms with Gasteiger partial charge in [0, 0.05) is 22.9 Å². The number of nitrogens with zero attached hydrogens (tertiary/aromatic N) is 2. The molecule has 2 aromatic rings. The highest BCUT2D eigenvalue weighted by molar-refractivity contribution is 7.99. The Morgan fingerprint density at radius 1 is 1.00 bits per heavy atom. The Bertz CT molecular complexity index is 610. The molecule has 0 N–H and O–H groups in total. The van der Waals surface area contributed by atoms with Crippen LogP contribution >= 0.6 is 11.8 Å². The van der Waals surface area contributed by atoms with E-state index in [4.69, 9.17) is 0 Å². The van der Waals surface area contributed by atoms with Crippen molar-refractivity contribution in [1.29, 1.82) is 0 Å². The molecule has 1 atom stereocenters. The van der Waals surface area contributed by atoms with E-state index in [-0.39, 0.29) is 0 Å². The molecule has 2 aromatic carbocycles. The fourth-order valence-corrected chi connectivity index (χ4v) is 4.51. The second-order valence-electron chi connectivity index (χ2n) is 6.07. The number of benzene rings is 2. The van der Waals surface area contributed by atoms with Gasteiger partial charge in [-0.2, -0.15) is 0 Å². The molecule has 0 saturated carbocycles. The molecule has 0 bridgehead atoms. The van der Waals surface area contributed by atoms with Gasteiger partial charge in [0.2, 0.25) is 0 Å². The fourth-order valence-electron chi connectivity index (χ4n) is 3.41. The zero-order valence-electron chi connectivity index (χ0n) is 12.3. The summed E-state index contributed by atoms with van der Waals surface area (Å²) in [4.78, 5) is 7.73. The van der Waals surface area contributed by atoms with E-state index >= 15 is 0 Å². The molecule has 0 amide bonds. The zero-order chi connectivity index (χ0) is 14.2. The monoisotopic (exact) mass is 296 g/mol. The van der Waals surface area contributed by atoms with Crippen molar-refractivity contribution in [3.8, 4) is 0 Å². The summed E-state index contributed by atoms with van der Waals surface area (Å²) < 4.78 is 0. The first-order valence-electron chi connectivity index (χ1n) is 7.63. The molecule has 1 saturated heterocycles. The Balaban J connectivity index is 1.71. The number of anilines is 2. The Kier molecular flexibility index (Phi) is 3.40. The zero-order valence-corrected chi connectivity index (χ0v) is 13.1. The van der Waals surface area contributed by atoms with Crippen LogP contribution in [-0.2, 0) is 0 Å². The first-order chi connectivity index (χ1) is 10.3. The minimum atomic E-state index is 0.763. The maximum absolute atomic E-state index is 2.53. The van der Waals surface area contributed by atoms with E-state index in [1.807, 2.05) is 11.8 Å². The Labute approximate surface area is 130 Å². The minimum Gasteiger partial charge on any atom is -0.339 e. The summed E-state index contributed by atoms with van der Waals surface area (Å²) in [6, 6.07) is 17.6. The van der Waals surface area contributed by atoms with Crippen LogP contribution in [0.25, 0.3) is 0 Å². The highest BCUT2D eigenvalue weighted by atomic mass is 32.2. The summed E-state index contributed by atoms with van der Waals surface area (Å²) in [5.41, 5.74) is 2.74. The van der Waals surface area contributed by atoms with E-state index < -0.39 is 0 Å². The summed E-state index contributed by atoms with van der Waals surface area (Å²) in [5, 5.41) is 0. The van der Waals surface area contributed by atoms with E-state index in [9.17, 15) is 0 Å². The van der Waals surface area contributed by atoms with Crippen molar-refractivity contribution in [3.05, 3.63) is 48.5 Å². The van der Waals surface area contributed by atoms with Gasteiger partial charge in [-0.05, 0) is 50.2 Å². The van der Waals surface area contributed by atoms with Gasteiger partial charge in [0.05, 0.1) is 11.4 Å². The predicted molar refractivity (Wildman–Crippen MR) is 89.6 cm³/mol. The Hall–Kier alpha value is -1.45. The van der Waals surface area contributed by atoms with Crippen LogP contribution in [0.2, 0.25) is 0 Å². The smallest absolute Gasteiger partial charge is 0.0552 e. The van der Waals surface area contributed by atoms with Crippen LogP contribution in [0.15, 0.2) is 58.3 Å². The number of likely N-dealkylation sites (tertiary alicyclic amines) is 1. The molecule has 0 unspecified atom stereocenters. The standard InChI is InChI=1S/C18H20N2S/c1-19-11-10-14(12-19)13-20-15-6-2-4-8-17(15)21-18-9-5-3-7-16(18)20/h2-9,14H,10-13H2,1H3/t14-/m0/s1. The van der Waals surface area contributed by atoms with Crippen LogP contribution in [0.5, 0.6) is 0 Å². The highest BCUT2D eigenvalue weighted by Gasteiger charge is 2.27. The minimum absolute atomic E-state index is 0.763. The lowest BCUT2D eigenvalue weighted by molar-refractivity contribution is 0.396. The summed E-state index contributed by atoms with van der Waals surface area (Å²) in [5.74, 6) is 0.763. The van der Waals surface area contributed by atoms with E-state index in [1.165, 1.54) is 40.7 Å². The lowest BCUT2D eigenvalue weighted by atomic mass is 10.1. The molecule has 4 rings (SSSR count). The van der Waals surface area contributed by atoms with E-state index in [2.05, 4.69) is 65.4 Å². The summed E-state index contributed by atoms with van der Waals surface area (Å²) >= 11 is 1.89. The average Bonchev–Trinajstić information content (AvgIpc) is 2.92. The third kappa shape index (κ3) is 2.45. The molecular weight excluding hydrogens is 276 g/mol. The summed E-state index contributed by atoms with van der Waals surface area (Å²) in [6.45, 7) is 3.57. The Morgan fingerprint density at radius 2 is 1.62 bits per heavy atom. The lowest BCUT2D eigenvalue weighted by Gasteiger charge is -2.34. The fraction of sp³-hybridized carbons (Fsp3) is 0.333. The van der Waals surface area contributed by atoms with Gasteiger partial charge in [-0.1, -0.05) is 36.0 Å². The van der Waals surface area contributed by atoms with Gasteiger partial charge in [0.25, 0.3) is 0 Å². The van der Waals surface area contributed by atoms with Crippen molar-refractivity contribution < 1.29 is 0 Å². The number of hydrogen-bond acceptors (Lipinski definition) is 3. The van der Waals surface area contributed by atoms with Crippen molar-refractivity contribution in [2.45, 2.75) is 16.2 Å². The summed E-state index contributed by atoms with van der Waals surface area (Å²) in [7, 11) is 2.23. The average molecular weight is 296 g/mol. The van der Waals surface area contributed by atoms with Gasteiger partial charge >= 0.3 is 0 Å². The third-order valence-electron chi connectivity index (χ3n) is 4.46. The topological polar surface area (TPSA) is 6.48 Å². The van der Waals surface area contributed by atoms with Gasteiger partial charge < -0.3 is 9.80 Å². The van der Waals surface area contributed by atoms with E-state index in [0.29, 0.717) is 0 Å². The molecule has 2 nitrogen and oxygen atoms in total. The van der Waals surface area contributed by atoms with E-state index in [0.717, 1.165) is 12.5 Å². The molecule has 2 aliphatic rings. The molecule has 2 heterocycles. The lowest BCUT2D eigenvalue weighted by Crippen LogP contribution is -2.28.